The molecule has 0 aliphatic rings. The minimum Gasteiger partial charge on any atom is -0.493 e. The van der Waals surface area contributed by atoms with Crippen molar-refractivity contribution in [2.24, 2.45) is 5.10 Å². The first-order valence-electron chi connectivity index (χ1n) is 7.88. The highest BCUT2D eigenvalue weighted by molar-refractivity contribution is 9.10. The molecule has 2 rings (SSSR count). The average molecular weight is 421 g/mol. The van der Waals surface area contributed by atoms with E-state index in [1.165, 1.54) is 6.21 Å². The number of carbonyl (C=O) groups excluding carboxylic acids is 1. The number of nitrogens with one attached hydrogen (secondary N) is 1. The molecule has 0 spiro atoms. The van der Waals surface area contributed by atoms with E-state index >= 15 is 0 Å². The number of hydrogen-bond acceptors (Lipinski definition) is 5. The van der Waals surface area contributed by atoms with Crippen molar-refractivity contribution in [3.05, 3.63) is 51.5 Å². The van der Waals surface area contributed by atoms with Crippen molar-refractivity contribution < 1.29 is 19.0 Å². The summed E-state index contributed by atoms with van der Waals surface area (Å²) >= 11 is 3.41. The molecule has 0 saturated heterocycles. The average Bonchev–Trinajstić information content (AvgIpc) is 2.60. The van der Waals surface area contributed by atoms with Gasteiger partial charge in [0.15, 0.2) is 18.1 Å². The lowest BCUT2D eigenvalue weighted by molar-refractivity contribution is -0.123. The smallest absolute Gasteiger partial charge is 0.277 e. The zero-order chi connectivity index (χ0) is 19.1. The summed E-state index contributed by atoms with van der Waals surface area (Å²) in [5, 5.41) is 3.95. The Labute approximate surface area is 161 Å². The van der Waals surface area contributed by atoms with Gasteiger partial charge in [-0.3, -0.25) is 4.79 Å². The molecule has 0 aliphatic heterocycles. The number of carbonyl (C=O) groups is 1. The third-order valence-corrected chi connectivity index (χ3v) is 4.20. The topological polar surface area (TPSA) is 69.2 Å². The van der Waals surface area contributed by atoms with E-state index in [2.05, 4.69) is 26.5 Å². The van der Waals surface area contributed by atoms with Gasteiger partial charge in [0.2, 0.25) is 0 Å². The fraction of sp³-hybridized carbons (Fsp3) is 0.263. The van der Waals surface area contributed by atoms with E-state index in [9.17, 15) is 4.79 Å². The largest absolute Gasteiger partial charge is 0.493 e. The van der Waals surface area contributed by atoms with Crippen LogP contribution in [0.25, 0.3) is 0 Å². The molecule has 7 heteroatoms. The molecule has 0 aliphatic carbocycles. The van der Waals surface area contributed by atoms with Crippen LogP contribution in [0.15, 0.2) is 39.9 Å². The highest BCUT2D eigenvalue weighted by atomic mass is 79.9. The van der Waals surface area contributed by atoms with Crippen molar-refractivity contribution in [3.8, 4) is 17.2 Å². The van der Waals surface area contributed by atoms with Crippen molar-refractivity contribution in [2.45, 2.75) is 13.8 Å². The monoisotopic (exact) mass is 420 g/mol. The molecule has 0 heterocycles. The molecule has 0 bridgehead atoms. The van der Waals surface area contributed by atoms with Gasteiger partial charge in [-0.1, -0.05) is 18.2 Å². The summed E-state index contributed by atoms with van der Waals surface area (Å²) in [6.45, 7) is 3.76. The Morgan fingerprint density at radius 1 is 1.15 bits per heavy atom. The molecule has 2 aromatic carbocycles. The maximum absolute atomic E-state index is 11.9. The van der Waals surface area contributed by atoms with Gasteiger partial charge in [0.25, 0.3) is 5.91 Å². The maximum atomic E-state index is 11.9. The van der Waals surface area contributed by atoms with Crippen molar-refractivity contribution in [1.82, 2.24) is 5.43 Å². The Morgan fingerprint density at radius 2 is 1.85 bits per heavy atom. The number of amides is 1. The van der Waals surface area contributed by atoms with Crippen molar-refractivity contribution >= 4 is 28.1 Å². The fourth-order valence-corrected chi connectivity index (χ4v) is 3.01. The third kappa shape index (κ3) is 4.98. The van der Waals surface area contributed by atoms with Gasteiger partial charge in [-0.25, -0.2) is 5.43 Å². The normalized spacial score (nSPS) is 10.7. The van der Waals surface area contributed by atoms with Gasteiger partial charge in [-0.2, -0.15) is 5.10 Å². The minimum atomic E-state index is -0.344. The molecule has 0 radical (unpaired) electrons. The van der Waals surface area contributed by atoms with E-state index in [0.29, 0.717) is 11.5 Å². The number of ether oxygens (including phenoxy) is 3. The van der Waals surface area contributed by atoms with Crippen molar-refractivity contribution in [3.63, 3.8) is 0 Å². The van der Waals surface area contributed by atoms with Crippen LogP contribution in [0, 0.1) is 13.8 Å². The molecule has 0 aromatic heterocycles. The first-order chi connectivity index (χ1) is 12.5. The zero-order valence-corrected chi connectivity index (χ0v) is 16.7. The van der Waals surface area contributed by atoms with Gasteiger partial charge in [-0.05, 0) is 58.6 Å². The SMILES string of the molecule is COc1cc(C=NNC(=O)COc2c(C)cccc2C)cc(Br)c1OC. The van der Waals surface area contributed by atoms with Gasteiger partial charge >= 0.3 is 0 Å². The van der Waals surface area contributed by atoms with Gasteiger partial charge in [0.05, 0.1) is 24.9 Å². The van der Waals surface area contributed by atoms with Crippen LogP contribution in [0.5, 0.6) is 17.2 Å². The standard InChI is InChI=1S/C19H21BrN2O4/c1-12-6-5-7-13(2)18(12)26-11-17(23)22-21-10-14-8-15(20)19(25-4)16(9-14)24-3/h5-10H,11H2,1-4H3,(H,22,23). The Kier molecular flexibility index (Phi) is 7.03. The molecule has 2 aromatic rings. The Bertz CT molecular complexity index is 801. The number of aryl methyl sites for hydroxylation is 2. The summed E-state index contributed by atoms with van der Waals surface area (Å²) in [5.74, 6) is 1.53. The lowest BCUT2D eigenvalue weighted by Crippen LogP contribution is -2.25. The molecule has 0 fully saturated rings. The highest BCUT2D eigenvalue weighted by Gasteiger charge is 2.10. The summed E-state index contributed by atoms with van der Waals surface area (Å²) in [5.41, 5.74) is 5.15. The number of para-hydroxylation sites is 1. The summed E-state index contributed by atoms with van der Waals surface area (Å²) in [6, 6.07) is 9.39. The molecule has 0 saturated carbocycles. The Hall–Kier alpha value is -2.54. The van der Waals surface area contributed by atoms with E-state index in [1.54, 1.807) is 20.3 Å². The van der Waals surface area contributed by atoms with Crippen LogP contribution in [0.2, 0.25) is 0 Å². The predicted octanol–water partition coefficient (Wildman–Crippen LogP) is 3.61. The van der Waals surface area contributed by atoms with Gasteiger partial charge in [0.1, 0.15) is 5.75 Å². The molecular weight excluding hydrogens is 400 g/mol. The Morgan fingerprint density at radius 3 is 2.46 bits per heavy atom. The fourth-order valence-electron chi connectivity index (χ4n) is 2.39. The van der Waals surface area contributed by atoms with Crippen LogP contribution in [0.4, 0.5) is 0 Å². The molecule has 0 unspecified atom stereocenters. The number of hydrogen-bond donors (Lipinski definition) is 1. The number of rotatable bonds is 7. The molecule has 26 heavy (non-hydrogen) atoms. The van der Waals surface area contributed by atoms with Crippen LogP contribution in [-0.2, 0) is 4.79 Å². The van der Waals surface area contributed by atoms with Gasteiger partial charge in [-0.15, -0.1) is 0 Å². The summed E-state index contributed by atoms with van der Waals surface area (Å²) in [7, 11) is 3.12. The number of hydrazone groups is 1. The zero-order valence-electron chi connectivity index (χ0n) is 15.1. The quantitative estimate of drug-likeness (QED) is 0.548. The highest BCUT2D eigenvalue weighted by Crippen LogP contribution is 2.35. The first kappa shape index (κ1) is 19.8. The van der Waals surface area contributed by atoms with E-state index in [0.717, 1.165) is 26.9 Å². The predicted molar refractivity (Wildman–Crippen MR) is 104 cm³/mol. The summed E-state index contributed by atoms with van der Waals surface area (Å²) in [4.78, 5) is 11.9. The molecule has 138 valence electrons. The first-order valence-corrected chi connectivity index (χ1v) is 8.68. The minimum absolute atomic E-state index is 0.112. The molecule has 6 nitrogen and oxygen atoms in total. The second-order valence-corrected chi connectivity index (χ2v) is 6.40. The van der Waals surface area contributed by atoms with E-state index < -0.39 is 0 Å². The summed E-state index contributed by atoms with van der Waals surface area (Å²) in [6.07, 6.45) is 1.52. The van der Waals surface area contributed by atoms with E-state index in [4.69, 9.17) is 14.2 Å². The lowest BCUT2D eigenvalue weighted by Gasteiger charge is -2.11. The van der Waals surface area contributed by atoms with Crippen LogP contribution in [0.1, 0.15) is 16.7 Å². The Balaban J connectivity index is 1.96. The van der Waals surface area contributed by atoms with Crippen molar-refractivity contribution in [2.75, 3.05) is 20.8 Å². The molecule has 1 N–H and O–H groups in total. The second kappa shape index (κ2) is 9.24. The number of halogens is 1. The molecular formula is C19H21BrN2O4. The van der Waals surface area contributed by atoms with Gasteiger partial charge in [0, 0.05) is 0 Å². The number of benzene rings is 2. The number of methoxy groups -OCH3 is 2. The molecule has 1 amide bonds. The van der Waals surface area contributed by atoms with E-state index in [-0.39, 0.29) is 12.5 Å². The van der Waals surface area contributed by atoms with Crippen molar-refractivity contribution in [1.29, 1.82) is 0 Å². The van der Waals surface area contributed by atoms with Crippen LogP contribution in [0.3, 0.4) is 0 Å². The van der Waals surface area contributed by atoms with Gasteiger partial charge < -0.3 is 14.2 Å². The molecule has 0 atom stereocenters. The summed E-state index contributed by atoms with van der Waals surface area (Å²) < 4.78 is 16.8. The van der Waals surface area contributed by atoms with Crippen LogP contribution < -0.4 is 19.6 Å². The van der Waals surface area contributed by atoms with E-state index in [1.807, 2.05) is 38.1 Å². The number of nitrogens with zero attached hydrogens (tertiary/aromatic N) is 1. The lowest BCUT2D eigenvalue weighted by atomic mass is 10.1. The maximum Gasteiger partial charge on any atom is 0.277 e. The van der Waals surface area contributed by atoms with Crippen LogP contribution in [-0.4, -0.2) is 32.9 Å². The van der Waals surface area contributed by atoms with Crippen LogP contribution >= 0.6 is 15.9 Å². The second-order valence-electron chi connectivity index (χ2n) is 5.54. The third-order valence-electron chi connectivity index (χ3n) is 3.62.